The average Bonchev–Trinajstić information content (AvgIpc) is 3.24. The summed E-state index contributed by atoms with van der Waals surface area (Å²) in [6.45, 7) is 3.71. The standard InChI is InChI=1S/C18H21ClN6O4/c1-2-20-17-24-23-14(29-17)5-6-18(15(26)21-16(27)22-18)9-25-8-11-3-4-12(19)7-13(11)28-10-25/h3-4,7H,2,5-6,8-10H2,1H3,(H,20,24)(H2,21,22,26,27). The summed E-state index contributed by atoms with van der Waals surface area (Å²) in [5.41, 5.74) is -0.148. The molecule has 4 rings (SSSR count). The smallest absolute Gasteiger partial charge is 0.322 e. The molecule has 3 amide bonds. The van der Waals surface area contributed by atoms with Crippen LogP contribution < -0.4 is 20.7 Å². The molecule has 1 unspecified atom stereocenters. The SMILES string of the molecule is CCNc1nnc(CCC2(CN3COc4cc(Cl)ccc4C3)NC(=O)NC2=O)o1. The third-order valence-electron chi connectivity index (χ3n) is 4.89. The van der Waals surface area contributed by atoms with Gasteiger partial charge in [-0.2, -0.15) is 0 Å². The Morgan fingerprint density at radius 3 is 2.97 bits per heavy atom. The van der Waals surface area contributed by atoms with Gasteiger partial charge in [-0.1, -0.05) is 22.8 Å². The number of fused-ring (bicyclic) bond motifs is 1. The summed E-state index contributed by atoms with van der Waals surface area (Å²) in [5, 5.41) is 16.5. The molecule has 1 saturated heterocycles. The molecule has 10 nitrogen and oxygen atoms in total. The van der Waals surface area contributed by atoms with Gasteiger partial charge in [0.15, 0.2) is 0 Å². The van der Waals surface area contributed by atoms with Crippen LogP contribution in [0.3, 0.4) is 0 Å². The molecule has 29 heavy (non-hydrogen) atoms. The van der Waals surface area contributed by atoms with E-state index < -0.39 is 11.6 Å². The zero-order valence-electron chi connectivity index (χ0n) is 15.8. The maximum Gasteiger partial charge on any atom is 0.322 e. The summed E-state index contributed by atoms with van der Waals surface area (Å²) >= 11 is 6.01. The predicted molar refractivity (Wildman–Crippen MR) is 104 cm³/mol. The van der Waals surface area contributed by atoms with Gasteiger partial charge in [0, 0.05) is 36.6 Å². The van der Waals surface area contributed by atoms with Gasteiger partial charge in [0.05, 0.1) is 0 Å². The number of nitrogens with zero attached hydrogens (tertiary/aromatic N) is 3. The fourth-order valence-electron chi connectivity index (χ4n) is 3.52. The Balaban J connectivity index is 1.47. The molecule has 11 heteroatoms. The van der Waals surface area contributed by atoms with Gasteiger partial charge in [0.2, 0.25) is 5.89 Å². The predicted octanol–water partition coefficient (Wildman–Crippen LogP) is 1.52. The number of carbonyl (C=O) groups excluding carboxylic acids is 2. The average molecular weight is 421 g/mol. The molecule has 0 saturated carbocycles. The Bertz CT molecular complexity index is 935. The van der Waals surface area contributed by atoms with Crippen molar-refractivity contribution in [3.63, 3.8) is 0 Å². The molecular weight excluding hydrogens is 400 g/mol. The quantitative estimate of drug-likeness (QED) is 0.576. The monoisotopic (exact) mass is 420 g/mol. The van der Waals surface area contributed by atoms with Crippen LogP contribution in [0.1, 0.15) is 24.8 Å². The van der Waals surface area contributed by atoms with E-state index in [1.54, 1.807) is 12.1 Å². The van der Waals surface area contributed by atoms with Gasteiger partial charge in [0.1, 0.15) is 18.0 Å². The fraction of sp³-hybridized carbons (Fsp3) is 0.444. The minimum absolute atomic E-state index is 0.279. The molecule has 0 aliphatic carbocycles. The van der Waals surface area contributed by atoms with Crippen molar-refractivity contribution in [3.05, 3.63) is 34.7 Å². The lowest BCUT2D eigenvalue weighted by atomic mass is 9.92. The number of halogens is 1. The first-order chi connectivity index (χ1) is 14.0. The van der Waals surface area contributed by atoms with Gasteiger partial charge in [-0.15, -0.1) is 5.10 Å². The van der Waals surface area contributed by atoms with E-state index in [2.05, 4.69) is 26.1 Å². The second kappa shape index (κ2) is 7.88. The number of hydrogen-bond donors (Lipinski definition) is 3. The van der Waals surface area contributed by atoms with E-state index in [9.17, 15) is 9.59 Å². The van der Waals surface area contributed by atoms with Crippen molar-refractivity contribution in [2.24, 2.45) is 0 Å². The maximum absolute atomic E-state index is 12.6. The zero-order chi connectivity index (χ0) is 20.4. The van der Waals surface area contributed by atoms with Gasteiger partial charge >= 0.3 is 12.0 Å². The van der Waals surface area contributed by atoms with Gasteiger partial charge in [-0.25, -0.2) is 4.79 Å². The molecule has 1 aromatic carbocycles. The highest BCUT2D eigenvalue weighted by Gasteiger charge is 2.47. The van der Waals surface area contributed by atoms with Crippen LogP contribution in [0.2, 0.25) is 5.02 Å². The van der Waals surface area contributed by atoms with E-state index in [0.29, 0.717) is 42.9 Å². The number of imide groups is 1. The topological polar surface area (TPSA) is 122 Å². The van der Waals surface area contributed by atoms with Crippen LogP contribution >= 0.6 is 11.6 Å². The van der Waals surface area contributed by atoms with E-state index in [1.165, 1.54) is 0 Å². The molecule has 2 aromatic rings. The largest absolute Gasteiger partial charge is 0.478 e. The first-order valence-corrected chi connectivity index (χ1v) is 9.69. The van der Waals surface area contributed by atoms with Gasteiger partial charge in [-0.3, -0.25) is 15.0 Å². The Labute approximate surface area is 171 Å². The molecule has 3 N–H and O–H groups in total. The number of carbonyl (C=O) groups is 2. The highest BCUT2D eigenvalue weighted by atomic mass is 35.5. The van der Waals surface area contributed by atoms with E-state index in [1.807, 2.05) is 17.9 Å². The Hall–Kier alpha value is -2.85. The number of rotatable bonds is 7. The molecule has 2 aliphatic rings. The van der Waals surface area contributed by atoms with Crippen LogP contribution in [-0.2, 0) is 17.8 Å². The van der Waals surface area contributed by atoms with Crippen LogP contribution in [0.5, 0.6) is 5.75 Å². The summed E-state index contributed by atoms with van der Waals surface area (Å²) < 4.78 is 11.3. The molecule has 2 aliphatic heterocycles. The number of hydrogen-bond acceptors (Lipinski definition) is 8. The number of benzene rings is 1. The Morgan fingerprint density at radius 1 is 1.34 bits per heavy atom. The van der Waals surface area contributed by atoms with E-state index in [4.69, 9.17) is 20.8 Å². The minimum Gasteiger partial charge on any atom is -0.478 e. The van der Waals surface area contributed by atoms with Gasteiger partial charge in [0.25, 0.3) is 5.91 Å². The van der Waals surface area contributed by atoms with E-state index in [0.717, 1.165) is 11.3 Å². The van der Waals surface area contributed by atoms with Crippen molar-refractivity contribution in [2.75, 3.05) is 25.1 Å². The lowest BCUT2D eigenvalue weighted by molar-refractivity contribution is -0.125. The molecule has 0 spiro atoms. The molecule has 154 valence electrons. The molecule has 3 heterocycles. The summed E-state index contributed by atoms with van der Waals surface area (Å²) in [5.74, 6) is 0.740. The summed E-state index contributed by atoms with van der Waals surface area (Å²) in [4.78, 5) is 26.5. The van der Waals surface area contributed by atoms with Crippen molar-refractivity contribution in [1.29, 1.82) is 0 Å². The number of aromatic nitrogens is 2. The number of amides is 3. The van der Waals surface area contributed by atoms with Crippen molar-refractivity contribution in [2.45, 2.75) is 31.8 Å². The number of ether oxygens (including phenoxy) is 1. The first-order valence-electron chi connectivity index (χ1n) is 9.31. The lowest BCUT2D eigenvalue weighted by Gasteiger charge is -2.35. The second-order valence-corrected chi connectivity index (χ2v) is 7.47. The van der Waals surface area contributed by atoms with Crippen LogP contribution in [0.15, 0.2) is 22.6 Å². The summed E-state index contributed by atoms with van der Waals surface area (Å²) in [7, 11) is 0. The molecule has 0 bridgehead atoms. The molecular formula is C18H21ClN6O4. The number of anilines is 1. The van der Waals surface area contributed by atoms with Gasteiger partial charge in [-0.05, 0) is 25.5 Å². The number of nitrogens with one attached hydrogen (secondary N) is 3. The van der Waals surface area contributed by atoms with Gasteiger partial charge < -0.3 is 19.8 Å². The minimum atomic E-state index is -1.11. The number of aryl methyl sites for hydroxylation is 1. The fourth-order valence-corrected chi connectivity index (χ4v) is 3.68. The van der Waals surface area contributed by atoms with Crippen LogP contribution in [0, 0.1) is 0 Å². The third kappa shape index (κ3) is 4.13. The van der Waals surface area contributed by atoms with Crippen molar-refractivity contribution in [3.8, 4) is 5.75 Å². The summed E-state index contributed by atoms with van der Waals surface area (Å²) in [6.07, 6.45) is 0.648. The zero-order valence-corrected chi connectivity index (χ0v) is 16.6. The Morgan fingerprint density at radius 2 is 2.21 bits per heavy atom. The Kier molecular flexibility index (Phi) is 5.29. The number of urea groups is 1. The highest BCUT2D eigenvalue weighted by Crippen LogP contribution is 2.30. The lowest BCUT2D eigenvalue weighted by Crippen LogP contribution is -2.56. The van der Waals surface area contributed by atoms with Crippen LogP contribution in [0.4, 0.5) is 10.8 Å². The molecule has 1 fully saturated rings. The van der Waals surface area contributed by atoms with Crippen molar-refractivity contribution >= 4 is 29.6 Å². The van der Waals surface area contributed by atoms with E-state index >= 15 is 0 Å². The van der Waals surface area contributed by atoms with Crippen molar-refractivity contribution < 1.29 is 18.7 Å². The van der Waals surface area contributed by atoms with Crippen LogP contribution in [-0.4, -0.2) is 52.4 Å². The van der Waals surface area contributed by atoms with Crippen molar-refractivity contribution in [1.82, 2.24) is 25.7 Å². The second-order valence-electron chi connectivity index (χ2n) is 7.03. The molecule has 1 aromatic heterocycles. The summed E-state index contributed by atoms with van der Waals surface area (Å²) in [6, 6.07) is 5.27. The maximum atomic E-state index is 12.6. The third-order valence-corrected chi connectivity index (χ3v) is 5.13. The normalized spacial score (nSPS) is 21.3. The highest BCUT2D eigenvalue weighted by molar-refractivity contribution is 6.30. The van der Waals surface area contributed by atoms with Crippen LogP contribution in [0.25, 0.3) is 0 Å². The first kappa shape index (κ1) is 19.5. The molecule has 0 radical (unpaired) electrons. The molecule has 1 atom stereocenters. The van der Waals surface area contributed by atoms with E-state index in [-0.39, 0.29) is 19.2 Å².